The number of carbonyl (C=O) groups excluding carboxylic acids is 1. The van der Waals surface area contributed by atoms with E-state index < -0.39 is 11.4 Å². The Kier molecular flexibility index (Phi) is 6.31. The summed E-state index contributed by atoms with van der Waals surface area (Å²) in [5, 5.41) is 9.18. The molecule has 0 aromatic rings. The highest BCUT2D eigenvalue weighted by atomic mass is 16.4. The molecule has 0 aromatic carbocycles. The number of hydrogen-bond donors (Lipinski definition) is 1. The SMILES string of the molecule is CCCCC(CC(C)(CC)C(=O)O)C(C)=O. The Labute approximate surface area is 98.2 Å². The molecule has 2 unspecified atom stereocenters. The van der Waals surface area contributed by atoms with Crippen molar-refractivity contribution >= 4 is 11.8 Å². The van der Waals surface area contributed by atoms with Gasteiger partial charge in [0.25, 0.3) is 0 Å². The van der Waals surface area contributed by atoms with Gasteiger partial charge in [0, 0.05) is 5.92 Å². The van der Waals surface area contributed by atoms with Crippen molar-refractivity contribution in [1.29, 1.82) is 0 Å². The molecule has 0 amide bonds. The van der Waals surface area contributed by atoms with Crippen LogP contribution >= 0.6 is 0 Å². The molecule has 0 fully saturated rings. The topological polar surface area (TPSA) is 54.4 Å². The molecule has 0 aliphatic carbocycles. The van der Waals surface area contributed by atoms with E-state index in [0.717, 1.165) is 19.3 Å². The number of carboxylic acid groups (broad SMARTS) is 1. The summed E-state index contributed by atoms with van der Waals surface area (Å²) >= 11 is 0. The van der Waals surface area contributed by atoms with Gasteiger partial charge in [0.2, 0.25) is 0 Å². The maximum atomic E-state index is 11.5. The Morgan fingerprint density at radius 1 is 1.31 bits per heavy atom. The van der Waals surface area contributed by atoms with Crippen LogP contribution in [0.2, 0.25) is 0 Å². The van der Waals surface area contributed by atoms with Crippen molar-refractivity contribution in [3.8, 4) is 0 Å². The van der Waals surface area contributed by atoms with Crippen LogP contribution in [0.5, 0.6) is 0 Å². The first kappa shape index (κ1) is 15.1. The monoisotopic (exact) mass is 228 g/mol. The van der Waals surface area contributed by atoms with Crippen LogP contribution in [0.15, 0.2) is 0 Å². The van der Waals surface area contributed by atoms with Crippen molar-refractivity contribution in [2.24, 2.45) is 11.3 Å². The van der Waals surface area contributed by atoms with Gasteiger partial charge in [-0.05, 0) is 33.1 Å². The molecule has 0 saturated heterocycles. The second kappa shape index (κ2) is 6.66. The van der Waals surface area contributed by atoms with Gasteiger partial charge < -0.3 is 5.11 Å². The molecule has 2 atom stereocenters. The summed E-state index contributed by atoms with van der Waals surface area (Å²) in [7, 11) is 0. The molecule has 16 heavy (non-hydrogen) atoms. The lowest BCUT2D eigenvalue weighted by Gasteiger charge is -2.27. The predicted molar refractivity (Wildman–Crippen MR) is 64.3 cm³/mol. The number of hydrogen-bond acceptors (Lipinski definition) is 2. The van der Waals surface area contributed by atoms with E-state index in [4.69, 9.17) is 0 Å². The largest absolute Gasteiger partial charge is 0.481 e. The van der Waals surface area contributed by atoms with Crippen LogP contribution in [0.4, 0.5) is 0 Å². The first-order chi connectivity index (χ1) is 7.37. The molecule has 0 aliphatic heterocycles. The lowest BCUT2D eigenvalue weighted by atomic mass is 9.76. The average Bonchev–Trinajstić information content (AvgIpc) is 2.23. The molecule has 0 aliphatic rings. The first-order valence-electron chi connectivity index (χ1n) is 6.11. The smallest absolute Gasteiger partial charge is 0.309 e. The van der Waals surface area contributed by atoms with E-state index in [1.807, 2.05) is 6.92 Å². The summed E-state index contributed by atoms with van der Waals surface area (Å²) in [6.45, 7) is 7.24. The molecule has 3 heteroatoms. The Morgan fingerprint density at radius 2 is 1.88 bits per heavy atom. The van der Waals surface area contributed by atoms with Gasteiger partial charge in [-0.2, -0.15) is 0 Å². The maximum absolute atomic E-state index is 11.5. The van der Waals surface area contributed by atoms with E-state index in [1.54, 1.807) is 13.8 Å². The fourth-order valence-corrected chi connectivity index (χ4v) is 1.83. The van der Waals surface area contributed by atoms with Gasteiger partial charge in [0.1, 0.15) is 5.78 Å². The van der Waals surface area contributed by atoms with Crippen molar-refractivity contribution in [3.05, 3.63) is 0 Å². The Balaban J connectivity index is 4.59. The Morgan fingerprint density at radius 3 is 2.19 bits per heavy atom. The molecular weight excluding hydrogens is 204 g/mol. The fraction of sp³-hybridized carbons (Fsp3) is 0.846. The van der Waals surface area contributed by atoms with Crippen molar-refractivity contribution in [3.63, 3.8) is 0 Å². The van der Waals surface area contributed by atoms with Crippen LogP contribution in [-0.2, 0) is 9.59 Å². The Bertz CT molecular complexity index is 248. The standard InChI is InChI=1S/C13H24O3/c1-5-7-8-11(10(3)14)9-13(4,6-2)12(15)16/h11H,5-9H2,1-4H3,(H,15,16). The van der Waals surface area contributed by atoms with Crippen molar-refractivity contribution < 1.29 is 14.7 Å². The average molecular weight is 228 g/mol. The van der Waals surface area contributed by atoms with Crippen LogP contribution in [0.25, 0.3) is 0 Å². The Hall–Kier alpha value is -0.860. The first-order valence-corrected chi connectivity index (χ1v) is 6.11. The molecule has 0 saturated carbocycles. The summed E-state index contributed by atoms with van der Waals surface area (Å²) in [5.74, 6) is -0.770. The third-order valence-electron chi connectivity index (χ3n) is 3.47. The molecular formula is C13H24O3. The van der Waals surface area contributed by atoms with E-state index in [1.165, 1.54) is 0 Å². The zero-order valence-corrected chi connectivity index (χ0v) is 10.9. The van der Waals surface area contributed by atoms with Gasteiger partial charge in [-0.1, -0.05) is 26.7 Å². The van der Waals surface area contributed by atoms with Gasteiger partial charge in [0.15, 0.2) is 0 Å². The molecule has 94 valence electrons. The summed E-state index contributed by atoms with van der Waals surface area (Å²) in [6, 6.07) is 0. The summed E-state index contributed by atoms with van der Waals surface area (Å²) in [6.07, 6.45) is 3.88. The minimum atomic E-state index is -0.794. The lowest BCUT2D eigenvalue weighted by molar-refractivity contribution is -0.149. The quantitative estimate of drug-likeness (QED) is 0.693. The van der Waals surface area contributed by atoms with E-state index in [2.05, 4.69) is 6.92 Å². The summed E-state index contributed by atoms with van der Waals surface area (Å²) < 4.78 is 0. The number of carboxylic acids is 1. The number of carbonyl (C=O) groups is 2. The highest BCUT2D eigenvalue weighted by Crippen LogP contribution is 2.32. The van der Waals surface area contributed by atoms with E-state index in [0.29, 0.717) is 12.8 Å². The second-order valence-corrected chi connectivity index (χ2v) is 4.87. The second-order valence-electron chi connectivity index (χ2n) is 4.87. The van der Waals surface area contributed by atoms with Crippen LogP contribution in [0.3, 0.4) is 0 Å². The summed E-state index contributed by atoms with van der Waals surface area (Å²) in [5.41, 5.74) is -0.760. The van der Waals surface area contributed by atoms with E-state index >= 15 is 0 Å². The number of Topliss-reactive ketones (excluding diaryl/α,β-unsaturated/α-hetero) is 1. The lowest BCUT2D eigenvalue weighted by Crippen LogP contribution is -2.31. The highest BCUT2D eigenvalue weighted by molar-refractivity contribution is 5.80. The van der Waals surface area contributed by atoms with Crippen LogP contribution in [0, 0.1) is 11.3 Å². The van der Waals surface area contributed by atoms with Crippen LogP contribution < -0.4 is 0 Å². The van der Waals surface area contributed by atoms with Crippen molar-refractivity contribution in [1.82, 2.24) is 0 Å². The molecule has 0 heterocycles. The summed E-state index contributed by atoms with van der Waals surface area (Å²) in [4.78, 5) is 22.6. The van der Waals surface area contributed by atoms with Gasteiger partial charge in [-0.25, -0.2) is 0 Å². The highest BCUT2D eigenvalue weighted by Gasteiger charge is 2.35. The molecule has 0 radical (unpaired) electrons. The predicted octanol–water partition coefficient (Wildman–Crippen LogP) is 3.27. The number of aliphatic carboxylic acids is 1. The zero-order valence-electron chi connectivity index (χ0n) is 10.9. The number of ketones is 1. The molecule has 3 nitrogen and oxygen atoms in total. The third-order valence-corrected chi connectivity index (χ3v) is 3.47. The van der Waals surface area contributed by atoms with Crippen molar-refractivity contribution in [2.45, 2.75) is 59.8 Å². The third kappa shape index (κ3) is 4.33. The number of rotatable bonds is 8. The van der Waals surface area contributed by atoms with Gasteiger partial charge in [-0.15, -0.1) is 0 Å². The molecule has 0 aromatic heterocycles. The van der Waals surface area contributed by atoms with E-state index in [9.17, 15) is 14.7 Å². The minimum absolute atomic E-state index is 0.0963. The molecule has 0 rings (SSSR count). The molecule has 0 bridgehead atoms. The van der Waals surface area contributed by atoms with Gasteiger partial charge in [-0.3, -0.25) is 9.59 Å². The molecule has 0 spiro atoms. The normalized spacial score (nSPS) is 16.5. The fourth-order valence-electron chi connectivity index (χ4n) is 1.83. The number of unbranched alkanes of at least 4 members (excludes halogenated alkanes) is 1. The zero-order chi connectivity index (χ0) is 12.8. The van der Waals surface area contributed by atoms with Crippen LogP contribution in [-0.4, -0.2) is 16.9 Å². The minimum Gasteiger partial charge on any atom is -0.481 e. The molecule has 1 N–H and O–H groups in total. The van der Waals surface area contributed by atoms with Gasteiger partial charge >= 0.3 is 5.97 Å². The van der Waals surface area contributed by atoms with E-state index in [-0.39, 0.29) is 11.7 Å². The van der Waals surface area contributed by atoms with Crippen LogP contribution in [0.1, 0.15) is 59.8 Å². The maximum Gasteiger partial charge on any atom is 0.309 e. The van der Waals surface area contributed by atoms with Gasteiger partial charge in [0.05, 0.1) is 5.41 Å². The van der Waals surface area contributed by atoms with Crippen molar-refractivity contribution in [2.75, 3.05) is 0 Å².